The molecule has 4 nitrogen and oxygen atoms in total. The monoisotopic (exact) mass is 559 g/mol. The lowest BCUT2D eigenvalue weighted by Gasteiger charge is -2.20. The molecule has 0 atom stereocenters. The highest BCUT2D eigenvalue weighted by atomic mass is 127. The van der Waals surface area contributed by atoms with Crippen LogP contribution in [0.1, 0.15) is 45.7 Å². The molecular weight excluding hydrogens is 529 g/mol. The summed E-state index contributed by atoms with van der Waals surface area (Å²) >= 11 is 1.86. The van der Waals surface area contributed by atoms with Gasteiger partial charge in [-0.1, -0.05) is 43.7 Å². The molecule has 1 aromatic heterocycles. The molecule has 0 fully saturated rings. The number of anilines is 2. The number of benzene rings is 2. The van der Waals surface area contributed by atoms with Gasteiger partial charge in [0, 0.05) is 47.6 Å². The van der Waals surface area contributed by atoms with Crippen molar-refractivity contribution in [3.8, 4) is 0 Å². The summed E-state index contributed by atoms with van der Waals surface area (Å²) in [4.78, 5) is 15.2. The van der Waals surface area contributed by atoms with Crippen molar-refractivity contribution in [2.24, 2.45) is 0 Å². The SMILES string of the molecule is CCCCCN1/C(=C/c2ccc3cc(NC(C)=O)ccc3[n+]2CC)Sc2ccccc21.[I-]. The van der Waals surface area contributed by atoms with Crippen molar-refractivity contribution in [2.75, 3.05) is 16.8 Å². The van der Waals surface area contributed by atoms with E-state index in [1.807, 2.05) is 23.9 Å². The van der Waals surface area contributed by atoms with Crippen molar-refractivity contribution >= 4 is 46.0 Å². The van der Waals surface area contributed by atoms with Gasteiger partial charge < -0.3 is 34.2 Å². The first-order valence-electron chi connectivity index (χ1n) is 11.1. The van der Waals surface area contributed by atoms with E-state index in [4.69, 9.17) is 0 Å². The van der Waals surface area contributed by atoms with Crippen LogP contribution in [-0.2, 0) is 11.3 Å². The van der Waals surface area contributed by atoms with Crippen LogP contribution in [0, 0.1) is 0 Å². The van der Waals surface area contributed by atoms with Crippen LogP contribution in [-0.4, -0.2) is 12.5 Å². The number of aryl methyl sites for hydroxylation is 1. The van der Waals surface area contributed by atoms with Crippen LogP contribution in [0.15, 0.2) is 64.5 Å². The van der Waals surface area contributed by atoms with Crippen molar-refractivity contribution in [3.05, 3.63) is 65.3 Å². The van der Waals surface area contributed by atoms with E-state index in [0.717, 1.165) is 24.2 Å². The van der Waals surface area contributed by atoms with Gasteiger partial charge in [-0.05, 0) is 43.7 Å². The van der Waals surface area contributed by atoms with E-state index in [-0.39, 0.29) is 29.9 Å². The van der Waals surface area contributed by atoms with Crippen molar-refractivity contribution in [3.63, 3.8) is 0 Å². The second-order valence-electron chi connectivity index (χ2n) is 7.87. The number of hydrogen-bond acceptors (Lipinski definition) is 3. The summed E-state index contributed by atoms with van der Waals surface area (Å²) in [5, 5.41) is 5.29. The number of amides is 1. The zero-order valence-electron chi connectivity index (χ0n) is 18.9. The zero-order valence-corrected chi connectivity index (χ0v) is 21.9. The largest absolute Gasteiger partial charge is 1.00 e. The number of hydrogen-bond donors (Lipinski definition) is 1. The number of nitrogens with one attached hydrogen (secondary N) is 1. The fourth-order valence-electron chi connectivity index (χ4n) is 4.14. The van der Waals surface area contributed by atoms with Crippen LogP contribution in [0.5, 0.6) is 0 Å². The van der Waals surface area contributed by atoms with Crippen LogP contribution < -0.4 is 38.8 Å². The highest BCUT2D eigenvalue weighted by Crippen LogP contribution is 2.46. The molecular formula is C26H30IN3OS. The third-order valence-corrected chi connectivity index (χ3v) is 6.71. The van der Waals surface area contributed by atoms with Gasteiger partial charge in [0.2, 0.25) is 17.1 Å². The first-order chi connectivity index (χ1) is 15.1. The van der Waals surface area contributed by atoms with Gasteiger partial charge in [0.15, 0.2) is 0 Å². The molecule has 0 saturated heterocycles. The molecule has 1 aliphatic rings. The Labute approximate surface area is 212 Å². The van der Waals surface area contributed by atoms with Gasteiger partial charge >= 0.3 is 0 Å². The molecule has 0 spiro atoms. The smallest absolute Gasteiger partial charge is 0.221 e. The van der Waals surface area contributed by atoms with Crippen LogP contribution in [0.25, 0.3) is 17.0 Å². The maximum atomic E-state index is 11.4. The molecule has 32 heavy (non-hydrogen) atoms. The van der Waals surface area contributed by atoms with Crippen LogP contribution in [0.3, 0.4) is 0 Å². The Morgan fingerprint density at radius 2 is 1.91 bits per heavy atom. The average molecular weight is 560 g/mol. The first kappa shape index (κ1) is 24.6. The number of fused-ring (bicyclic) bond motifs is 2. The van der Waals surface area contributed by atoms with E-state index in [2.05, 4.69) is 77.2 Å². The van der Waals surface area contributed by atoms with Crippen molar-refractivity contribution in [1.29, 1.82) is 0 Å². The van der Waals surface area contributed by atoms with E-state index in [1.165, 1.54) is 53.0 Å². The fourth-order valence-corrected chi connectivity index (χ4v) is 5.27. The van der Waals surface area contributed by atoms with E-state index < -0.39 is 0 Å². The number of halogens is 1. The number of unbranched alkanes of at least 4 members (excludes halogenated alkanes) is 2. The molecule has 2 aromatic carbocycles. The molecule has 0 saturated carbocycles. The lowest BCUT2D eigenvalue weighted by molar-refractivity contribution is -0.669. The van der Waals surface area contributed by atoms with E-state index in [1.54, 1.807) is 0 Å². The second kappa shape index (κ2) is 11.2. The minimum absolute atomic E-state index is 0. The van der Waals surface area contributed by atoms with E-state index >= 15 is 0 Å². The van der Waals surface area contributed by atoms with E-state index in [0.29, 0.717) is 0 Å². The van der Waals surface area contributed by atoms with Crippen LogP contribution in [0.2, 0.25) is 0 Å². The van der Waals surface area contributed by atoms with Crippen molar-refractivity contribution in [2.45, 2.75) is 51.5 Å². The van der Waals surface area contributed by atoms with Gasteiger partial charge in [0.1, 0.15) is 6.54 Å². The summed E-state index contributed by atoms with van der Waals surface area (Å²) in [6, 6.07) is 19.1. The second-order valence-corrected chi connectivity index (χ2v) is 8.93. The zero-order chi connectivity index (χ0) is 21.8. The number of aromatic nitrogens is 1. The van der Waals surface area contributed by atoms with Gasteiger partial charge in [-0.3, -0.25) is 4.79 Å². The maximum Gasteiger partial charge on any atom is 0.221 e. The molecule has 0 aliphatic carbocycles. The molecule has 6 heteroatoms. The molecule has 1 N–H and O–H groups in total. The van der Waals surface area contributed by atoms with Crippen LogP contribution >= 0.6 is 11.8 Å². The Bertz CT molecular complexity index is 1150. The van der Waals surface area contributed by atoms with Crippen LogP contribution in [0.4, 0.5) is 11.4 Å². The number of rotatable bonds is 7. The molecule has 1 amide bonds. The van der Waals surface area contributed by atoms with Gasteiger partial charge in [-0.25, -0.2) is 0 Å². The number of para-hydroxylation sites is 1. The Balaban J connectivity index is 0.00000289. The Morgan fingerprint density at radius 3 is 2.66 bits per heavy atom. The number of carbonyl (C=O) groups is 1. The Hall–Kier alpha value is -2.06. The maximum absolute atomic E-state index is 11.4. The highest BCUT2D eigenvalue weighted by molar-refractivity contribution is 8.03. The quantitative estimate of drug-likeness (QED) is 0.275. The summed E-state index contributed by atoms with van der Waals surface area (Å²) in [6.45, 7) is 7.89. The molecule has 4 rings (SSSR count). The predicted octanol–water partition coefficient (Wildman–Crippen LogP) is 3.21. The number of carbonyl (C=O) groups excluding carboxylic acids is 1. The minimum Gasteiger partial charge on any atom is -1.00 e. The normalized spacial score (nSPS) is 13.8. The van der Waals surface area contributed by atoms with Gasteiger partial charge in [-0.15, -0.1) is 0 Å². The molecule has 168 valence electrons. The summed E-state index contributed by atoms with van der Waals surface area (Å²) in [6.07, 6.45) is 5.99. The summed E-state index contributed by atoms with van der Waals surface area (Å²) in [5.74, 6) is -0.0509. The van der Waals surface area contributed by atoms with E-state index in [9.17, 15) is 4.79 Å². The molecule has 2 heterocycles. The molecule has 3 aromatic rings. The Kier molecular flexibility index (Phi) is 8.59. The third-order valence-electron chi connectivity index (χ3n) is 5.59. The molecule has 0 radical (unpaired) electrons. The molecule has 0 unspecified atom stereocenters. The average Bonchev–Trinajstić information content (AvgIpc) is 3.10. The lowest BCUT2D eigenvalue weighted by Crippen LogP contribution is -3.00. The topological polar surface area (TPSA) is 36.2 Å². The highest BCUT2D eigenvalue weighted by Gasteiger charge is 2.26. The molecule has 0 bridgehead atoms. The van der Waals surface area contributed by atoms with Gasteiger partial charge in [0.05, 0.1) is 10.7 Å². The van der Waals surface area contributed by atoms with Gasteiger partial charge in [0.25, 0.3) is 0 Å². The number of thioether (sulfide) groups is 1. The van der Waals surface area contributed by atoms with Gasteiger partial charge in [-0.2, -0.15) is 4.57 Å². The summed E-state index contributed by atoms with van der Waals surface area (Å²) < 4.78 is 2.34. The Morgan fingerprint density at radius 1 is 1.09 bits per heavy atom. The number of pyridine rings is 1. The minimum atomic E-state index is -0.0509. The van der Waals surface area contributed by atoms with Crippen molar-refractivity contribution < 1.29 is 33.3 Å². The van der Waals surface area contributed by atoms with Crippen molar-refractivity contribution in [1.82, 2.24) is 0 Å². The summed E-state index contributed by atoms with van der Waals surface area (Å²) in [5.41, 5.74) is 4.51. The molecule has 1 aliphatic heterocycles. The third kappa shape index (κ3) is 5.29. The fraction of sp³-hybridized carbons (Fsp3) is 0.308. The summed E-state index contributed by atoms with van der Waals surface area (Å²) in [7, 11) is 0. The first-order valence-corrected chi connectivity index (χ1v) is 11.9. The standard InChI is InChI=1S/C26H29N3OS.HI/c1-4-6-9-16-29-24-10-7-8-11-25(24)31-26(29)18-22-14-12-20-17-21(27-19(3)30)13-15-23(20)28(22)5-2;/h7-8,10-15,17-18H,4-6,9,16H2,1-3H3;1H. The lowest BCUT2D eigenvalue weighted by atomic mass is 10.1. The number of nitrogens with zero attached hydrogens (tertiary/aromatic N) is 2. The predicted molar refractivity (Wildman–Crippen MR) is 131 cm³/mol.